The van der Waals surface area contributed by atoms with Crippen molar-refractivity contribution in [1.82, 2.24) is 0 Å². The van der Waals surface area contributed by atoms with Crippen LogP contribution in [0.4, 0.5) is 0 Å². The highest BCUT2D eigenvalue weighted by molar-refractivity contribution is 5.69. The highest BCUT2D eigenvalue weighted by Gasteiger charge is 2.17. The molecule has 0 aromatic rings. The number of allylic oxidation sites excluding steroid dienone is 4. The van der Waals surface area contributed by atoms with Gasteiger partial charge in [-0.3, -0.25) is 9.59 Å². The van der Waals surface area contributed by atoms with Gasteiger partial charge in [0.25, 0.3) is 0 Å². The Hall–Kier alpha value is -1.62. The summed E-state index contributed by atoms with van der Waals surface area (Å²) in [6, 6.07) is 0. The molecule has 0 aliphatic heterocycles. The lowest BCUT2D eigenvalue weighted by Gasteiger charge is -2.19. The van der Waals surface area contributed by atoms with Crippen LogP contribution >= 0.6 is 0 Å². The summed E-state index contributed by atoms with van der Waals surface area (Å²) in [4.78, 5) is 25.2. The lowest BCUT2D eigenvalue weighted by Crippen LogP contribution is -2.21. The first kappa shape index (κ1) is 52.4. The van der Waals surface area contributed by atoms with Crippen LogP contribution in [0, 0.1) is 0 Å². The van der Waals surface area contributed by atoms with E-state index in [2.05, 4.69) is 45.1 Å². The molecule has 2 unspecified atom stereocenters. The summed E-state index contributed by atoms with van der Waals surface area (Å²) in [5.41, 5.74) is 0. The summed E-state index contributed by atoms with van der Waals surface area (Å²) in [6.07, 6.45) is 50.2. The van der Waals surface area contributed by atoms with Crippen molar-refractivity contribution in [2.24, 2.45) is 0 Å². The zero-order valence-electron chi connectivity index (χ0n) is 36.4. The normalized spacial score (nSPS) is 12.9. The van der Waals surface area contributed by atoms with Crippen molar-refractivity contribution in [3.63, 3.8) is 0 Å². The second-order valence-corrected chi connectivity index (χ2v) is 16.2. The Balaban J connectivity index is 4.20. The second kappa shape index (κ2) is 44.1. The third-order valence-electron chi connectivity index (χ3n) is 10.7. The molecule has 2 atom stereocenters. The number of unbranched alkanes of at least 4 members (excludes halogenated alkanes) is 25. The monoisotopic (exact) mass is 761 g/mol. The van der Waals surface area contributed by atoms with E-state index in [1.54, 1.807) is 0 Å². The fraction of sp³-hybridized carbons (Fsp3) is 0.878. The molecule has 0 radical (unpaired) electrons. The minimum Gasteiger partial charge on any atom is -0.466 e. The molecule has 5 nitrogen and oxygen atoms in total. The van der Waals surface area contributed by atoms with Gasteiger partial charge in [0.15, 0.2) is 0 Å². The molecule has 0 rings (SSSR count). The predicted molar refractivity (Wildman–Crippen MR) is 233 cm³/mol. The lowest BCUT2D eigenvalue weighted by atomic mass is 10.0. The summed E-state index contributed by atoms with van der Waals surface area (Å²) in [7, 11) is 0. The van der Waals surface area contributed by atoms with Gasteiger partial charge in [0.05, 0.1) is 12.7 Å². The van der Waals surface area contributed by atoms with E-state index in [0.717, 1.165) is 70.6 Å². The molecule has 0 spiro atoms. The van der Waals surface area contributed by atoms with Crippen molar-refractivity contribution < 1.29 is 24.2 Å². The van der Waals surface area contributed by atoms with Gasteiger partial charge in [-0.1, -0.05) is 173 Å². The average molecular weight is 761 g/mol. The molecule has 0 fully saturated rings. The number of carbonyl (C=O) groups is 2. The number of esters is 2. The van der Waals surface area contributed by atoms with Gasteiger partial charge in [-0.05, 0) is 89.9 Å². The van der Waals surface area contributed by atoms with E-state index in [4.69, 9.17) is 9.47 Å². The summed E-state index contributed by atoms with van der Waals surface area (Å²) in [5, 5.41) is 10.4. The zero-order chi connectivity index (χ0) is 39.4. The van der Waals surface area contributed by atoms with Crippen molar-refractivity contribution >= 4 is 11.9 Å². The van der Waals surface area contributed by atoms with Gasteiger partial charge in [0.2, 0.25) is 0 Å². The van der Waals surface area contributed by atoms with Gasteiger partial charge in [0, 0.05) is 19.3 Å². The fourth-order valence-electron chi connectivity index (χ4n) is 7.10. The molecule has 54 heavy (non-hydrogen) atoms. The summed E-state index contributed by atoms with van der Waals surface area (Å²) in [6.45, 7) is 7.02. The van der Waals surface area contributed by atoms with Crippen LogP contribution in [0.25, 0.3) is 0 Å². The summed E-state index contributed by atoms with van der Waals surface area (Å²) < 4.78 is 11.5. The average Bonchev–Trinajstić information content (AvgIpc) is 3.16. The van der Waals surface area contributed by atoms with Crippen molar-refractivity contribution in [1.29, 1.82) is 0 Å². The third-order valence-corrected chi connectivity index (χ3v) is 10.7. The van der Waals surface area contributed by atoms with Crippen molar-refractivity contribution in [2.45, 2.75) is 271 Å². The van der Waals surface area contributed by atoms with E-state index in [9.17, 15) is 14.7 Å². The van der Waals surface area contributed by atoms with E-state index >= 15 is 0 Å². The largest absolute Gasteiger partial charge is 0.466 e. The van der Waals surface area contributed by atoms with Crippen LogP contribution < -0.4 is 0 Å². The number of aliphatic hydroxyl groups is 1. The summed E-state index contributed by atoms with van der Waals surface area (Å²) in [5.74, 6) is -0.286. The molecule has 0 aliphatic carbocycles. The van der Waals surface area contributed by atoms with Gasteiger partial charge >= 0.3 is 11.9 Å². The molecule has 0 saturated heterocycles. The predicted octanol–water partition coefficient (Wildman–Crippen LogP) is 15.4. The van der Waals surface area contributed by atoms with Crippen LogP contribution in [0.15, 0.2) is 24.3 Å². The Kier molecular flexibility index (Phi) is 42.8. The number of ether oxygens (including phenoxy) is 2. The number of hydrogen-bond donors (Lipinski definition) is 1. The molecule has 1 N–H and O–H groups in total. The molecule has 5 heteroatoms. The first-order chi connectivity index (χ1) is 26.5. The smallest absolute Gasteiger partial charge is 0.306 e. The van der Waals surface area contributed by atoms with Crippen LogP contribution in [0.3, 0.4) is 0 Å². The molecule has 0 aromatic heterocycles. The molecule has 0 saturated carbocycles. The lowest BCUT2D eigenvalue weighted by molar-refractivity contribution is -0.152. The maximum atomic E-state index is 12.8. The second-order valence-electron chi connectivity index (χ2n) is 16.2. The number of rotatable bonds is 43. The number of aliphatic hydroxyl groups excluding tert-OH is 1. The highest BCUT2D eigenvalue weighted by Crippen LogP contribution is 2.17. The maximum absolute atomic E-state index is 12.8. The molecule has 0 amide bonds. The van der Waals surface area contributed by atoms with Crippen LogP contribution in [0.1, 0.15) is 258 Å². The maximum Gasteiger partial charge on any atom is 0.306 e. The van der Waals surface area contributed by atoms with Gasteiger partial charge in [0.1, 0.15) is 6.10 Å². The Morgan fingerprint density at radius 2 is 0.796 bits per heavy atom. The Labute approximate surface area is 336 Å². The Bertz CT molecular complexity index is 836. The minimum atomic E-state index is -0.293. The van der Waals surface area contributed by atoms with Crippen molar-refractivity contribution in [3.05, 3.63) is 24.3 Å². The van der Waals surface area contributed by atoms with Crippen LogP contribution in [-0.2, 0) is 19.1 Å². The van der Waals surface area contributed by atoms with Crippen molar-refractivity contribution in [2.75, 3.05) is 6.61 Å². The van der Waals surface area contributed by atoms with E-state index in [-0.39, 0.29) is 30.8 Å². The summed E-state index contributed by atoms with van der Waals surface area (Å²) >= 11 is 0. The Morgan fingerprint density at radius 1 is 0.426 bits per heavy atom. The van der Waals surface area contributed by atoms with E-state index in [0.29, 0.717) is 25.7 Å². The topological polar surface area (TPSA) is 72.8 Å². The quantitative estimate of drug-likeness (QED) is 0.0381. The van der Waals surface area contributed by atoms with E-state index in [1.165, 1.54) is 141 Å². The first-order valence-electron chi connectivity index (χ1n) is 23.9. The standard InChI is InChI=1S/C49H92O5/c1-4-7-10-13-15-17-19-21-23-25-27-29-31-33-36-42-48(51)53-45-44-47(41-38-40-46(50)39-35-12-9-6-3)54-49(52)43-37-34-32-30-28-26-24-22-20-18-16-14-11-8-5-2/h21-24,46-47,50H,4-20,25-45H2,1-3H3/b23-21-,24-22-. The molecular weight excluding hydrogens is 669 g/mol. The third kappa shape index (κ3) is 41.5. The number of hydrogen-bond acceptors (Lipinski definition) is 5. The zero-order valence-corrected chi connectivity index (χ0v) is 36.4. The SMILES string of the molecule is CCCCCCCC/C=C\CCCCCCCC(=O)OCCC(CCCC(O)CCCCCC)OC(=O)CCCCCCC/C=C\CCCCCCCC. The van der Waals surface area contributed by atoms with Crippen LogP contribution in [0.2, 0.25) is 0 Å². The van der Waals surface area contributed by atoms with E-state index < -0.39 is 0 Å². The van der Waals surface area contributed by atoms with Gasteiger partial charge in [-0.25, -0.2) is 0 Å². The van der Waals surface area contributed by atoms with Crippen LogP contribution in [0.5, 0.6) is 0 Å². The molecule has 0 aromatic carbocycles. The molecule has 0 heterocycles. The molecular formula is C49H92O5. The van der Waals surface area contributed by atoms with Crippen LogP contribution in [-0.4, -0.2) is 35.9 Å². The molecule has 0 bridgehead atoms. The van der Waals surface area contributed by atoms with Gasteiger partial charge < -0.3 is 14.6 Å². The molecule has 318 valence electrons. The van der Waals surface area contributed by atoms with Gasteiger partial charge in [-0.2, -0.15) is 0 Å². The highest BCUT2D eigenvalue weighted by atomic mass is 16.6. The van der Waals surface area contributed by atoms with E-state index in [1.807, 2.05) is 0 Å². The van der Waals surface area contributed by atoms with Gasteiger partial charge in [-0.15, -0.1) is 0 Å². The fourth-order valence-corrected chi connectivity index (χ4v) is 7.10. The first-order valence-corrected chi connectivity index (χ1v) is 23.9. The number of carbonyl (C=O) groups excluding carboxylic acids is 2. The minimum absolute atomic E-state index is 0.141. The van der Waals surface area contributed by atoms with Crippen molar-refractivity contribution in [3.8, 4) is 0 Å². The molecule has 0 aliphatic rings. The Morgan fingerprint density at radius 3 is 1.26 bits per heavy atom.